The lowest BCUT2D eigenvalue weighted by Crippen LogP contribution is -2.46. The highest BCUT2D eigenvalue weighted by atomic mass is 32.2. The molecule has 0 radical (unpaired) electrons. The van der Waals surface area contributed by atoms with E-state index in [1.807, 2.05) is 25.1 Å². The van der Waals surface area contributed by atoms with Gasteiger partial charge in [0.1, 0.15) is 0 Å². The van der Waals surface area contributed by atoms with Crippen molar-refractivity contribution in [3.05, 3.63) is 59.9 Å². The molecule has 2 N–H and O–H groups in total. The average molecular weight is 413 g/mol. The van der Waals surface area contributed by atoms with E-state index >= 15 is 0 Å². The fraction of sp³-hybridized carbons (Fsp3) is 0.333. The van der Waals surface area contributed by atoms with Gasteiger partial charge in [0.15, 0.2) is 0 Å². The van der Waals surface area contributed by atoms with Gasteiger partial charge in [-0.15, -0.1) is 0 Å². The number of aryl methyl sites for hydroxylation is 1. The van der Waals surface area contributed by atoms with Crippen molar-refractivity contribution in [1.29, 1.82) is 0 Å². The van der Waals surface area contributed by atoms with Crippen LogP contribution >= 0.6 is 0 Å². The number of hydrogen-bond donors (Lipinski definition) is 2. The number of imidazole rings is 1. The number of rotatable bonds is 5. The summed E-state index contributed by atoms with van der Waals surface area (Å²) in [6, 6.07) is 12.2. The maximum atomic E-state index is 12.8. The van der Waals surface area contributed by atoms with Gasteiger partial charge < -0.3 is 9.88 Å². The van der Waals surface area contributed by atoms with Gasteiger partial charge in [-0.05, 0) is 55.2 Å². The molecule has 0 saturated carbocycles. The van der Waals surface area contributed by atoms with Crippen molar-refractivity contribution in [2.75, 3.05) is 13.1 Å². The molecule has 1 aromatic heterocycles. The molecule has 4 rings (SSSR count). The number of nitrogens with one attached hydrogen (secondary N) is 2. The van der Waals surface area contributed by atoms with Crippen LogP contribution in [0, 0.1) is 0 Å². The fourth-order valence-electron chi connectivity index (χ4n) is 3.64. The van der Waals surface area contributed by atoms with Gasteiger partial charge in [0.25, 0.3) is 5.91 Å². The normalized spacial score (nSPS) is 15.7. The Bertz CT molecular complexity index is 1110. The van der Waals surface area contributed by atoms with E-state index in [1.165, 1.54) is 0 Å². The van der Waals surface area contributed by atoms with Gasteiger partial charge in [0.05, 0.1) is 22.3 Å². The van der Waals surface area contributed by atoms with E-state index in [4.69, 9.17) is 0 Å². The van der Waals surface area contributed by atoms with Crippen molar-refractivity contribution in [3.63, 3.8) is 0 Å². The molecule has 0 aliphatic carbocycles. The van der Waals surface area contributed by atoms with Crippen molar-refractivity contribution < 1.29 is 13.2 Å². The number of likely N-dealkylation sites (tertiary alicyclic amines) is 1. The average Bonchev–Trinajstić information content (AvgIpc) is 3.21. The van der Waals surface area contributed by atoms with Gasteiger partial charge in [-0.2, -0.15) is 0 Å². The number of aromatic nitrogens is 2. The molecule has 3 aromatic rings. The van der Waals surface area contributed by atoms with Crippen LogP contribution in [0.4, 0.5) is 0 Å². The summed E-state index contributed by atoms with van der Waals surface area (Å²) in [6.45, 7) is 3.06. The van der Waals surface area contributed by atoms with E-state index in [0.29, 0.717) is 31.5 Å². The molecule has 0 bridgehead atoms. The summed E-state index contributed by atoms with van der Waals surface area (Å²) in [6.07, 6.45) is 3.65. The molecule has 1 aliphatic rings. The molecule has 0 unspecified atom stereocenters. The molecule has 2 heterocycles. The van der Waals surface area contributed by atoms with E-state index in [2.05, 4.69) is 14.7 Å². The van der Waals surface area contributed by atoms with Crippen LogP contribution in [-0.4, -0.2) is 48.3 Å². The molecular weight excluding hydrogens is 388 g/mol. The number of hydrogen-bond acceptors (Lipinski definition) is 4. The van der Waals surface area contributed by atoms with Crippen LogP contribution in [0.1, 0.15) is 35.7 Å². The van der Waals surface area contributed by atoms with E-state index < -0.39 is 10.0 Å². The molecule has 29 heavy (non-hydrogen) atoms. The number of fused-ring (bicyclic) bond motifs is 1. The van der Waals surface area contributed by atoms with E-state index in [-0.39, 0.29) is 16.8 Å². The topological polar surface area (TPSA) is 95.2 Å². The van der Waals surface area contributed by atoms with Gasteiger partial charge in [-0.25, -0.2) is 18.1 Å². The van der Waals surface area contributed by atoms with Crippen molar-refractivity contribution in [2.24, 2.45) is 0 Å². The quantitative estimate of drug-likeness (QED) is 0.674. The zero-order valence-corrected chi connectivity index (χ0v) is 17.1. The van der Waals surface area contributed by atoms with Crippen LogP contribution < -0.4 is 4.72 Å². The third kappa shape index (κ3) is 4.18. The lowest BCUT2D eigenvalue weighted by atomic mass is 10.0. The number of piperidine rings is 1. The van der Waals surface area contributed by atoms with Crippen molar-refractivity contribution in [3.8, 4) is 0 Å². The first-order valence-electron chi connectivity index (χ1n) is 9.80. The van der Waals surface area contributed by atoms with Crippen LogP contribution in [0.25, 0.3) is 11.0 Å². The Kier molecular flexibility index (Phi) is 5.38. The minimum atomic E-state index is -3.56. The van der Waals surface area contributed by atoms with Crippen molar-refractivity contribution >= 4 is 27.0 Å². The molecule has 2 aromatic carbocycles. The SMILES string of the molecule is CCc1ccc(S(=O)(=O)NC2CCN(C(=O)c3ccc4nc[nH]c4c3)CC2)cc1. The number of benzene rings is 2. The summed E-state index contributed by atoms with van der Waals surface area (Å²) in [5.41, 5.74) is 3.36. The van der Waals surface area contributed by atoms with Gasteiger partial charge in [-0.3, -0.25) is 4.79 Å². The highest BCUT2D eigenvalue weighted by Crippen LogP contribution is 2.19. The summed E-state index contributed by atoms with van der Waals surface area (Å²) >= 11 is 0. The number of carbonyl (C=O) groups excluding carboxylic acids is 1. The number of amides is 1. The Labute approximate surface area is 170 Å². The van der Waals surface area contributed by atoms with Crippen LogP contribution in [0.2, 0.25) is 0 Å². The van der Waals surface area contributed by atoms with Gasteiger partial charge in [-0.1, -0.05) is 19.1 Å². The first-order valence-corrected chi connectivity index (χ1v) is 11.3. The zero-order chi connectivity index (χ0) is 20.4. The Balaban J connectivity index is 1.37. The molecule has 1 fully saturated rings. The maximum Gasteiger partial charge on any atom is 0.253 e. The maximum absolute atomic E-state index is 12.8. The summed E-state index contributed by atoms with van der Waals surface area (Å²) in [7, 11) is -3.56. The fourth-order valence-corrected chi connectivity index (χ4v) is 4.95. The number of nitrogens with zero attached hydrogens (tertiary/aromatic N) is 2. The summed E-state index contributed by atoms with van der Waals surface area (Å²) in [5.74, 6) is -0.0436. The second kappa shape index (κ2) is 7.96. The van der Waals surface area contributed by atoms with E-state index in [0.717, 1.165) is 23.0 Å². The monoisotopic (exact) mass is 412 g/mol. The molecule has 1 amide bonds. The lowest BCUT2D eigenvalue weighted by molar-refractivity contribution is 0.0711. The van der Waals surface area contributed by atoms with Crippen molar-refractivity contribution in [2.45, 2.75) is 37.1 Å². The predicted octanol–water partition coefficient (Wildman–Crippen LogP) is 2.71. The van der Waals surface area contributed by atoms with E-state index in [1.54, 1.807) is 35.5 Å². The van der Waals surface area contributed by atoms with Gasteiger partial charge in [0.2, 0.25) is 10.0 Å². The molecule has 1 saturated heterocycles. The summed E-state index contributed by atoms with van der Waals surface area (Å²) in [5, 5.41) is 0. The number of sulfonamides is 1. The second-order valence-electron chi connectivity index (χ2n) is 7.32. The predicted molar refractivity (Wildman–Crippen MR) is 111 cm³/mol. The highest BCUT2D eigenvalue weighted by Gasteiger charge is 2.27. The number of carbonyl (C=O) groups is 1. The minimum Gasteiger partial charge on any atom is -0.345 e. The summed E-state index contributed by atoms with van der Waals surface area (Å²) < 4.78 is 28.1. The molecule has 7 nitrogen and oxygen atoms in total. The first kappa shape index (κ1) is 19.6. The zero-order valence-electron chi connectivity index (χ0n) is 16.3. The van der Waals surface area contributed by atoms with Gasteiger partial charge >= 0.3 is 0 Å². The van der Waals surface area contributed by atoms with Crippen LogP contribution in [0.5, 0.6) is 0 Å². The molecule has 0 atom stereocenters. The second-order valence-corrected chi connectivity index (χ2v) is 9.03. The summed E-state index contributed by atoms with van der Waals surface area (Å²) in [4.78, 5) is 22.0. The third-order valence-electron chi connectivity index (χ3n) is 5.41. The standard InChI is InChI=1S/C21H24N4O3S/c1-2-15-3-6-18(7-4-15)29(27,28)24-17-9-11-25(12-10-17)21(26)16-5-8-19-20(13-16)23-14-22-19/h3-8,13-14,17,24H,2,9-12H2,1H3,(H,22,23). The van der Waals surface area contributed by atoms with Gasteiger partial charge in [0, 0.05) is 24.7 Å². The van der Waals surface area contributed by atoms with E-state index in [9.17, 15) is 13.2 Å². The molecule has 8 heteroatoms. The molecule has 1 aliphatic heterocycles. The minimum absolute atomic E-state index is 0.0436. The Morgan fingerprint density at radius 3 is 2.59 bits per heavy atom. The van der Waals surface area contributed by atoms with Crippen LogP contribution in [0.15, 0.2) is 53.7 Å². The molecule has 152 valence electrons. The smallest absolute Gasteiger partial charge is 0.253 e. The van der Waals surface area contributed by atoms with Crippen LogP contribution in [-0.2, 0) is 16.4 Å². The number of H-pyrrole nitrogens is 1. The molecular formula is C21H24N4O3S. The number of aromatic amines is 1. The van der Waals surface area contributed by atoms with Crippen molar-refractivity contribution in [1.82, 2.24) is 19.6 Å². The lowest BCUT2D eigenvalue weighted by Gasteiger charge is -2.32. The first-order chi connectivity index (χ1) is 14.0. The highest BCUT2D eigenvalue weighted by molar-refractivity contribution is 7.89. The largest absolute Gasteiger partial charge is 0.345 e. The Hall–Kier alpha value is -2.71. The Morgan fingerprint density at radius 1 is 1.17 bits per heavy atom. The third-order valence-corrected chi connectivity index (χ3v) is 6.95. The molecule has 0 spiro atoms. The van der Waals surface area contributed by atoms with Crippen LogP contribution in [0.3, 0.4) is 0 Å². The Morgan fingerprint density at radius 2 is 1.90 bits per heavy atom.